The van der Waals surface area contributed by atoms with Crippen molar-refractivity contribution >= 4 is 11.9 Å². The van der Waals surface area contributed by atoms with Crippen LogP contribution in [0.3, 0.4) is 0 Å². The molecule has 58 heavy (non-hydrogen) atoms. The minimum atomic E-state index is -0.549. The summed E-state index contributed by atoms with van der Waals surface area (Å²) < 4.78 is 17.3. The van der Waals surface area contributed by atoms with Crippen molar-refractivity contribution in [2.24, 2.45) is 0 Å². The third-order valence-corrected chi connectivity index (χ3v) is 10.5. The maximum absolute atomic E-state index is 12.8. The molecular weight excluding hydrogens is 717 g/mol. The molecule has 0 N–H and O–H groups in total. The zero-order valence-corrected chi connectivity index (χ0v) is 38.6. The van der Waals surface area contributed by atoms with E-state index in [4.69, 9.17) is 14.2 Å². The molecule has 1 unspecified atom stereocenters. The van der Waals surface area contributed by atoms with E-state index in [0.717, 1.165) is 70.6 Å². The Morgan fingerprint density at radius 3 is 1.28 bits per heavy atom. The summed E-state index contributed by atoms with van der Waals surface area (Å²) >= 11 is 0. The molecular formula is C53H94O5. The predicted octanol–water partition coefficient (Wildman–Crippen LogP) is 16.6. The lowest BCUT2D eigenvalue weighted by molar-refractivity contribution is -0.163. The van der Waals surface area contributed by atoms with E-state index < -0.39 is 6.10 Å². The third-order valence-electron chi connectivity index (χ3n) is 10.5. The second-order valence-electron chi connectivity index (χ2n) is 16.4. The predicted molar refractivity (Wildman–Crippen MR) is 251 cm³/mol. The first-order valence-electron chi connectivity index (χ1n) is 24.8. The van der Waals surface area contributed by atoms with Gasteiger partial charge in [0.05, 0.1) is 6.61 Å². The minimum Gasteiger partial charge on any atom is -0.462 e. The van der Waals surface area contributed by atoms with E-state index in [1.165, 1.54) is 135 Å². The Hall–Kier alpha value is -2.40. The lowest BCUT2D eigenvalue weighted by atomic mass is 10.1. The molecule has 0 spiro atoms. The van der Waals surface area contributed by atoms with Crippen molar-refractivity contribution in [3.05, 3.63) is 60.8 Å². The highest BCUT2D eigenvalue weighted by Gasteiger charge is 2.17. The normalized spacial score (nSPS) is 12.7. The Morgan fingerprint density at radius 2 is 0.776 bits per heavy atom. The van der Waals surface area contributed by atoms with Crippen molar-refractivity contribution in [2.75, 3.05) is 19.8 Å². The second kappa shape index (κ2) is 49.0. The summed E-state index contributed by atoms with van der Waals surface area (Å²) in [5.41, 5.74) is 0. The topological polar surface area (TPSA) is 61.8 Å². The number of allylic oxidation sites excluding steroid dienone is 10. The maximum atomic E-state index is 12.8. The molecule has 0 heterocycles. The van der Waals surface area contributed by atoms with Crippen molar-refractivity contribution in [3.63, 3.8) is 0 Å². The van der Waals surface area contributed by atoms with Crippen molar-refractivity contribution in [1.29, 1.82) is 0 Å². The van der Waals surface area contributed by atoms with Gasteiger partial charge >= 0.3 is 11.9 Å². The SMILES string of the molecule is CCC/C=C\C/C=C\CCCCCCCC(=O)OC(COCCCCCCCC/C=C\CCCC)COC(=O)CCCCCCCCC/C=C\C/C=C\CCCCC. The van der Waals surface area contributed by atoms with Gasteiger partial charge in [0.25, 0.3) is 0 Å². The van der Waals surface area contributed by atoms with E-state index in [2.05, 4.69) is 81.5 Å². The third kappa shape index (κ3) is 46.3. The van der Waals surface area contributed by atoms with Gasteiger partial charge in [-0.1, -0.05) is 191 Å². The first-order chi connectivity index (χ1) is 28.6. The Labute approximate surface area is 360 Å². The van der Waals surface area contributed by atoms with Crippen LogP contribution in [0.2, 0.25) is 0 Å². The quantitative estimate of drug-likeness (QED) is 0.0348. The number of hydrogen-bond donors (Lipinski definition) is 0. The van der Waals surface area contributed by atoms with Crippen LogP contribution < -0.4 is 0 Å². The van der Waals surface area contributed by atoms with E-state index >= 15 is 0 Å². The largest absolute Gasteiger partial charge is 0.462 e. The lowest BCUT2D eigenvalue weighted by Crippen LogP contribution is -2.30. The van der Waals surface area contributed by atoms with Gasteiger partial charge in [0.1, 0.15) is 6.61 Å². The molecule has 5 heteroatoms. The number of esters is 2. The molecule has 336 valence electrons. The number of carbonyl (C=O) groups excluding carboxylic acids is 2. The summed E-state index contributed by atoms with van der Waals surface area (Å²) in [6, 6.07) is 0. The lowest BCUT2D eigenvalue weighted by Gasteiger charge is -2.18. The van der Waals surface area contributed by atoms with E-state index in [1.807, 2.05) is 0 Å². The van der Waals surface area contributed by atoms with Gasteiger partial charge in [0.15, 0.2) is 6.10 Å². The molecule has 1 atom stereocenters. The van der Waals surface area contributed by atoms with Crippen LogP contribution in [0.15, 0.2) is 60.8 Å². The van der Waals surface area contributed by atoms with E-state index in [0.29, 0.717) is 19.4 Å². The molecule has 0 aliphatic heterocycles. The summed E-state index contributed by atoms with van der Waals surface area (Å²) in [6.45, 7) is 7.68. The molecule has 5 nitrogen and oxygen atoms in total. The van der Waals surface area contributed by atoms with Crippen molar-refractivity contribution < 1.29 is 23.8 Å². The summed E-state index contributed by atoms with van der Waals surface area (Å²) in [4.78, 5) is 25.3. The minimum absolute atomic E-state index is 0.0725. The van der Waals surface area contributed by atoms with Gasteiger partial charge in [-0.2, -0.15) is 0 Å². The molecule has 0 saturated carbocycles. The second-order valence-corrected chi connectivity index (χ2v) is 16.4. The summed E-state index contributed by atoms with van der Waals surface area (Å²) in [5.74, 6) is -0.423. The van der Waals surface area contributed by atoms with Crippen LogP contribution in [0.5, 0.6) is 0 Å². The van der Waals surface area contributed by atoms with Crippen LogP contribution in [0, 0.1) is 0 Å². The van der Waals surface area contributed by atoms with Gasteiger partial charge in [-0.05, 0) is 96.3 Å². The molecule has 0 aromatic rings. The molecule has 0 aliphatic carbocycles. The zero-order valence-electron chi connectivity index (χ0n) is 38.6. The van der Waals surface area contributed by atoms with Gasteiger partial charge in [0.2, 0.25) is 0 Å². The van der Waals surface area contributed by atoms with Gasteiger partial charge in [-0.25, -0.2) is 0 Å². The van der Waals surface area contributed by atoms with E-state index in [9.17, 15) is 9.59 Å². The Balaban J connectivity index is 4.27. The van der Waals surface area contributed by atoms with E-state index in [-0.39, 0.29) is 25.2 Å². The fourth-order valence-electron chi connectivity index (χ4n) is 6.73. The van der Waals surface area contributed by atoms with Crippen LogP contribution >= 0.6 is 0 Å². The summed E-state index contributed by atoms with van der Waals surface area (Å²) in [6.07, 6.45) is 60.7. The Morgan fingerprint density at radius 1 is 0.379 bits per heavy atom. The molecule has 0 saturated heterocycles. The summed E-state index contributed by atoms with van der Waals surface area (Å²) in [7, 11) is 0. The number of unbranched alkanes of at least 4 members (excludes halogenated alkanes) is 24. The standard InChI is InChI=1S/C53H94O5/c1-4-7-10-13-16-19-22-25-26-27-28-30-31-34-37-40-43-46-52(54)57-50-51(49-56-48-45-42-39-36-33-24-21-18-15-12-9-6-3)58-53(55)47-44-41-38-35-32-29-23-20-17-14-11-8-5-2/h11,14-16,18-20,23,25-26,51H,4-10,12-13,17,21-22,24,27-50H2,1-3H3/b14-11-,18-15-,19-16-,23-20-,26-25-. The number of carbonyl (C=O) groups is 2. The Bertz CT molecular complexity index is 1010. The van der Waals surface area contributed by atoms with Crippen LogP contribution in [-0.2, 0) is 23.8 Å². The molecule has 0 fully saturated rings. The van der Waals surface area contributed by atoms with Gasteiger partial charge < -0.3 is 14.2 Å². The highest BCUT2D eigenvalue weighted by atomic mass is 16.6. The summed E-state index contributed by atoms with van der Waals surface area (Å²) in [5, 5.41) is 0. The van der Waals surface area contributed by atoms with Gasteiger partial charge in [-0.3, -0.25) is 9.59 Å². The molecule has 0 radical (unpaired) electrons. The van der Waals surface area contributed by atoms with Crippen LogP contribution in [0.25, 0.3) is 0 Å². The fourth-order valence-corrected chi connectivity index (χ4v) is 6.73. The smallest absolute Gasteiger partial charge is 0.306 e. The molecule has 0 aromatic heterocycles. The number of rotatable bonds is 45. The molecule has 0 amide bonds. The zero-order chi connectivity index (χ0) is 42.1. The first-order valence-corrected chi connectivity index (χ1v) is 24.8. The fraction of sp³-hybridized carbons (Fsp3) is 0.774. The molecule has 0 rings (SSSR count). The van der Waals surface area contributed by atoms with Crippen LogP contribution in [0.4, 0.5) is 0 Å². The average Bonchev–Trinajstić information content (AvgIpc) is 3.22. The van der Waals surface area contributed by atoms with E-state index in [1.54, 1.807) is 0 Å². The maximum Gasteiger partial charge on any atom is 0.306 e. The molecule has 0 aliphatic rings. The van der Waals surface area contributed by atoms with Crippen LogP contribution in [-0.4, -0.2) is 37.9 Å². The molecule has 0 bridgehead atoms. The number of ether oxygens (including phenoxy) is 3. The number of hydrogen-bond acceptors (Lipinski definition) is 5. The van der Waals surface area contributed by atoms with Crippen LogP contribution in [0.1, 0.15) is 239 Å². The Kier molecular flexibility index (Phi) is 46.9. The highest BCUT2D eigenvalue weighted by molar-refractivity contribution is 5.70. The first kappa shape index (κ1) is 55.6. The van der Waals surface area contributed by atoms with Crippen molar-refractivity contribution in [2.45, 2.75) is 245 Å². The van der Waals surface area contributed by atoms with Gasteiger partial charge in [0, 0.05) is 19.4 Å². The average molecular weight is 811 g/mol. The molecule has 0 aromatic carbocycles. The monoisotopic (exact) mass is 811 g/mol. The van der Waals surface area contributed by atoms with Crippen molar-refractivity contribution in [1.82, 2.24) is 0 Å². The van der Waals surface area contributed by atoms with Crippen molar-refractivity contribution in [3.8, 4) is 0 Å². The highest BCUT2D eigenvalue weighted by Crippen LogP contribution is 2.13. The van der Waals surface area contributed by atoms with Gasteiger partial charge in [-0.15, -0.1) is 0 Å².